The molecule has 1 aliphatic heterocycles. The van der Waals surface area contributed by atoms with Crippen molar-refractivity contribution in [3.05, 3.63) is 29.8 Å². The molecular formula is C15H22O5S. The molecule has 0 aliphatic carbocycles. The van der Waals surface area contributed by atoms with Crippen LogP contribution in [0.5, 0.6) is 0 Å². The van der Waals surface area contributed by atoms with Crippen LogP contribution in [0.4, 0.5) is 0 Å². The van der Waals surface area contributed by atoms with Gasteiger partial charge < -0.3 is 9.47 Å². The second kappa shape index (κ2) is 7.35. The van der Waals surface area contributed by atoms with E-state index in [-0.39, 0.29) is 30.5 Å². The lowest BCUT2D eigenvalue weighted by Crippen LogP contribution is -2.29. The Morgan fingerprint density at radius 3 is 2.52 bits per heavy atom. The largest absolute Gasteiger partial charge is 0.349 e. The van der Waals surface area contributed by atoms with Gasteiger partial charge in [0, 0.05) is 0 Å². The zero-order valence-electron chi connectivity index (χ0n) is 12.4. The van der Waals surface area contributed by atoms with Crippen LogP contribution >= 0.6 is 0 Å². The summed E-state index contributed by atoms with van der Waals surface area (Å²) in [6.45, 7) is 4.19. The number of rotatable bonds is 7. The SMILES string of the molecule is CCCC[C@H]1OCO[C@H]1COS(=O)(=O)c1ccc(C)cc1. The van der Waals surface area contributed by atoms with Crippen LogP contribution < -0.4 is 0 Å². The highest BCUT2D eigenvalue weighted by Gasteiger charge is 2.30. The molecule has 1 heterocycles. The third-order valence-electron chi connectivity index (χ3n) is 3.52. The Morgan fingerprint density at radius 2 is 1.86 bits per heavy atom. The van der Waals surface area contributed by atoms with Gasteiger partial charge in [0.2, 0.25) is 0 Å². The number of benzene rings is 1. The van der Waals surface area contributed by atoms with Crippen LogP contribution in [0.15, 0.2) is 29.2 Å². The van der Waals surface area contributed by atoms with E-state index in [9.17, 15) is 8.42 Å². The first kappa shape index (κ1) is 16.4. The molecule has 21 heavy (non-hydrogen) atoms. The molecular weight excluding hydrogens is 292 g/mol. The molecule has 118 valence electrons. The van der Waals surface area contributed by atoms with E-state index in [2.05, 4.69) is 6.92 Å². The first-order valence-corrected chi connectivity index (χ1v) is 8.63. The standard InChI is InChI=1S/C15H22O5S/c1-3-4-5-14-15(19-11-18-14)10-20-21(16,17)13-8-6-12(2)7-9-13/h6-9,14-15H,3-5,10-11H2,1-2H3/t14-,15+/m1/s1. The summed E-state index contributed by atoms with van der Waals surface area (Å²) < 4.78 is 40.2. The van der Waals surface area contributed by atoms with E-state index in [4.69, 9.17) is 13.7 Å². The maximum absolute atomic E-state index is 12.1. The Balaban J connectivity index is 1.93. The summed E-state index contributed by atoms with van der Waals surface area (Å²) in [5, 5.41) is 0. The predicted octanol–water partition coefficient (Wildman–Crippen LogP) is 2.63. The Morgan fingerprint density at radius 1 is 1.19 bits per heavy atom. The fraction of sp³-hybridized carbons (Fsp3) is 0.600. The zero-order valence-corrected chi connectivity index (χ0v) is 13.3. The van der Waals surface area contributed by atoms with Gasteiger partial charge >= 0.3 is 0 Å². The molecule has 1 fully saturated rings. The maximum atomic E-state index is 12.1. The van der Waals surface area contributed by atoms with Crippen molar-refractivity contribution in [3.63, 3.8) is 0 Å². The van der Waals surface area contributed by atoms with Gasteiger partial charge in [-0.1, -0.05) is 37.5 Å². The molecule has 0 radical (unpaired) electrons. The molecule has 1 aliphatic rings. The number of aryl methyl sites for hydroxylation is 1. The molecule has 0 unspecified atom stereocenters. The molecule has 1 aromatic carbocycles. The van der Waals surface area contributed by atoms with Crippen LogP contribution in [0.2, 0.25) is 0 Å². The minimum Gasteiger partial charge on any atom is -0.349 e. The van der Waals surface area contributed by atoms with Gasteiger partial charge in [0.1, 0.15) is 12.9 Å². The fourth-order valence-corrected chi connectivity index (χ4v) is 3.11. The lowest BCUT2D eigenvalue weighted by atomic mass is 10.1. The van der Waals surface area contributed by atoms with Crippen molar-refractivity contribution in [1.29, 1.82) is 0 Å². The predicted molar refractivity (Wildman–Crippen MR) is 78.5 cm³/mol. The third-order valence-corrected chi connectivity index (χ3v) is 4.81. The van der Waals surface area contributed by atoms with Gasteiger partial charge in [-0.3, -0.25) is 4.18 Å². The normalized spacial score (nSPS) is 22.6. The number of ether oxygens (including phenoxy) is 2. The minimum atomic E-state index is -3.74. The molecule has 6 heteroatoms. The van der Waals surface area contributed by atoms with Crippen molar-refractivity contribution in [2.45, 2.75) is 50.2 Å². The van der Waals surface area contributed by atoms with Gasteiger partial charge in [0.05, 0.1) is 17.6 Å². The van der Waals surface area contributed by atoms with Gasteiger partial charge in [-0.05, 0) is 25.5 Å². The van der Waals surface area contributed by atoms with Crippen LogP contribution in [0.25, 0.3) is 0 Å². The lowest BCUT2D eigenvalue weighted by molar-refractivity contribution is 0.0299. The number of unbranched alkanes of at least 4 members (excludes halogenated alkanes) is 1. The van der Waals surface area contributed by atoms with Crippen molar-refractivity contribution in [2.24, 2.45) is 0 Å². The smallest absolute Gasteiger partial charge is 0.297 e. The first-order valence-electron chi connectivity index (χ1n) is 7.22. The van der Waals surface area contributed by atoms with Crippen molar-refractivity contribution in [3.8, 4) is 0 Å². The summed E-state index contributed by atoms with van der Waals surface area (Å²) in [5.74, 6) is 0. The fourth-order valence-electron chi connectivity index (χ4n) is 2.19. The molecule has 1 saturated heterocycles. The molecule has 0 spiro atoms. The van der Waals surface area contributed by atoms with Crippen LogP contribution in [0.3, 0.4) is 0 Å². The summed E-state index contributed by atoms with van der Waals surface area (Å²) in [6, 6.07) is 6.58. The van der Waals surface area contributed by atoms with E-state index in [0.717, 1.165) is 24.8 Å². The average molecular weight is 314 g/mol. The van der Waals surface area contributed by atoms with E-state index in [1.807, 2.05) is 6.92 Å². The Hall–Kier alpha value is -0.950. The van der Waals surface area contributed by atoms with E-state index >= 15 is 0 Å². The molecule has 0 bridgehead atoms. The average Bonchev–Trinajstić information content (AvgIpc) is 2.91. The Kier molecular flexibility index (Phi) is 5.75. The van der Waals surface area contributed by atoms with Crippen molar-refractivity contribution in [1.82, 2.24) is 0 Å². The summed E-state index contributed by atoms with van der Waals surface area (Å²) in [7, 11) is -3.74. The lowest BCUT2D eigenvalue weighted by Gasteiger charge is -2.16. The molecule has 2 atom stereocenters. The first-order chi connectivity index (χ1) is 10.0. The van der Waals surface area contributed by atoms with Crippen molar-refractivity contribution >= 4 is 10.1 Å². The molecule has 0 saturated carbocycles. The molecule has 5 nitrogen and oxygen atoms in total. The van der Waals surface area contributed by atoms with Gasteiger partial charge in [0.15, 0.2) is 0 Å². The van der Waals surface area contributed by atoms with Crippen LogP contribution in [0, 0.1) is 6.92 Å². The quantitative estimate of drug-likeness (QED) is 0.724. The summed E-state index contributed by atoms with van der Waals surface area (Å²) in [6.07, 6.45) is 2.54. The number of hydrogen-bond acceptors (Lipinski definition) is 5. The van der Waals surface area contributed by atoms with Crippen molar-refractivity contribution in [2.75, 3.05) is 13.4 Å². The third kappa shape index (κ3) is 4.51. The number of hydrogen-bond donors (Lipinski definition) is 0. The second-order valence-corrected chi connectivity index (χ2v) is 6.84. The Labute approximate surface area is 126 Å². The van der Waals surface area contributed by atoms with Crippen LogP contribution in [0.1, 0.15) is 31.7 Å². The zero-order chi connectivity index (χ0) is 15.3. The molecule has 0 aromatic heterocycles. The highest BCUT2D eigenvalue weighted by molar-refractivity contribution is 7.86. The topological polar surface area (TPSA) is 61.8 Å². The molecule has 0 N–H and O–H groups in total. The Bertz CT molecular complexity index is 538. The monoisotopic (exact) mass is 314 g/mol. The highest BCUT2D eigenvalue weighted by atomic mass is 32.2. The van der Waals surface area contributed by atoms with Crippen LogP contribution in [-0.2, 0) is 23.8 Å². The van der Waals surface area contributed by atoms with Gasteiger partial charge in [-0.25, -0.2) is 0 Å². The molecule has 0 amide bonds. The van der Waals surface area contributed by atoms with Gasteiger partial charge in [0.25, 0.3) is 10.1 Å². The van der Waals surface area contributed by atoms with E-state index in [0.29, 0.717) is 0 Å². The highest BCUT2D eigenvalue weighted by Crippen LogP contribution is 2.21. The maximum Gasteiger partial charge on any atom is 0.297 e. The molecule has 2 rings (SSSR count). The minimum absolute atomic E-state index is 0.00933. The summed E-state index contributed by atoms with van der Waals surface area (Å²) >= 11 is 0. The molecule has 1 aromatic rings. The van der Waals surface area contributed by atoms with Gasteiger partial charge in [-0.2, -0.15) is 8.42 Å². The van der Waals surface area contributed by atoms with E-state index in [1.165, 1.54) is 0 Å². The second-order valence-electron chi connectivity index (χ2n) is 5.22. The van der Waals surface area contributed by atoms with Crippen LogP contribution in [-0.4, -0.2) is 34.0 Å². The van der Waals surface area contributed by atoms with Gasteiger partial charge in [-0.15, -0.1) is 0 Å². The summed E-state index contributed by atoms with van der Waals surface area (Å²) in [4.78, 5) is 0.164. The van der Waals surface area contributed by atoms with E-state index < -0.39 is 10.1 Å². The summed E-state index contributed by atoms with van der Waals surface area (Å²) in [5.41, 5.74) is 1.00. The van der Waals surface area contributed by atoms with Crippen molar-refractivity contribution < 1.29 is 22.1 Å². The van der Waals surface area contributed by atoms with E-state index in [1.54, 1.807) is 24.3 Å².